The van der Waals surface area contributed by atoms with Crippen LogP contribution in [0, 0.1) is 0 Å². The zero-order valence-corrected chi connectivity index (χ0v) is 18.9. The first-order valence-corrected chi connectivity index (χ1v) is 12.3. The van der Waals surface area contributed by atoms with Crippen molar-refractivity contribution < 1.29 is 4.79 Å². The van der Waals surface area contributed by atoms with Gasteiger partial charge in [0.05, 0.1) is 11.4 Å². The van der Waals surface area contributed by atoms with Crippen LogP contribution in [0.1, 0.15) is 17.4 Å². The molecule has 0 radical (unpaired) electrons. The first-order chi connectivity index (χ1) is 14.7. The van der Waals surface area contributed by atoms with E-state index in [4.69, 9.17) is 0 Å². The van der Waals surface area contributed by atoms with Crippen LogP contribution in [0.4, 0.5) is 5.13 Å². The van der Waals surface area contributed by atoms with Gasteiger partial charge < -0.3 is 9.88 Å². The van der Waals surface area contributed by atoms with Crippen LogP contribution in [0.15, 0.2) is 58.6 Å². The molecule has 0 atom stereocenters. The maximum absolute atomic E-state index is 12.4. The number of amides is 1. The highest BCUT2D eigenvalue weighted by molar-refractivity contribution is 7.99. The number of thiophene rings is 1. The molecule has 0 aliphatic rings. The quantitative estimate of drug-likeness (QED) is 0.360. The molecule has 9 heteroatoms. The minimum Gasteiger partial charge on any atom is -0.308 e. The van der Waals surface area contributed by atoms with Crippen molar-refractivity contribution in [1.29, 1.82) is 0 Å². The standard InChI is InChI=1S/C21H21N5OS3/c1-2-15-5-7-16(8-6-15)18-12-29-20(23-18)24-19(27)13-30-21-25-22-14-26(21)10-9-17-4-3-11-28-17/h3-8,11-12,14H,2,9-10,13H2,1H3,(H,23,24,27). The maximum Gasteiger partial charge on any atom is 0.236 e. The van der Waals surface area contributed by atoms with Gasteiger partial charge in [-0.05, 0) is 29.9 Å². The molecule has 0 bridgehead atoms. The van der Waals surface area contributed by atoms with Crippen LogP contribution in [-0.4, -0.2) is 31.4 Å². The highest BCUT2D eigenvalue weighted by atomic mass is 32.2. The third-order valence-corrected chi connectivity index (χ3v) is 7.17. The summed E-state index contributed by atoms with van der Waals surface area (Å²) in [6.45, 7) is 2.93. The van der Waals surface area contributed by atoms with Gasteiger partial charge in [0, 0.05) is 22.4 Å². The number of benzene rings is 1. The normalized spacial score (nSPS) is 11.0. The molecular formula is C21H21N5OS3. The van der Waals surface area contributed by atoms with Crippen LogP contribution in [-0.2, 0) is 24.2 Å². The summed E-state index contributed by atoms with van der Waals surface area (Å²) >= 11 is 4.56. The maximum atomic E-state index is 12.4. The fourth-order valence-corrected chi connectivity index (χ4v) is 5.03. The second-order valence-electron chi connectivity index (χ2n) is 6.56. The summed E-state index contributed by atoms with van der Waals surface area (Å²) in [6, 6.07) is 12.5. The number of aryl methyl sites for hydroxylation is 3. The molecule has 4 rings (SSSR count). The summed E-state index contributed by atoms with van der Waals surface area (Å²) in [6.07, 6.45) is 3.65. The average Bonchev–Trinajstić information content (AvgIpc) is 3.53. The molecule has 0 fully saturated rings. The van der Waals surface area contributed by atoms with E-state index in [0.29, 0.717) is 5.13 Å². The van der Waals surface area contributed by atoms with E-state index in [1.807, 2.05) is 9.95 Å². The summed E-state index contributed by atoms with van der Waals surface area (Å²) in [5, 5.41) is 16.4. The van der Waals surface area contributed by atoms with Gasteiger partial charge in [-0.25, -0.2) is 4.98 Å². The molecule has 3 aromatic heterocycles. The zero-order chi connectivity index (χ0) is 20.8. The Labute approximate surface area is 187 Å². The number of rotatable bonds is 9. The molecule has 1 amide bonds. The lowest BCUT2D eigenvalue weighted by Crippen LogP contribution is -2.14. The molecule has 4 aromatic rings. The molecule has 0 saturated carbocycles. The average molecular weight is 456 g/mol. The van der Waals surface area contributed by atoms with Gasteiger partial charge in [0.15, 0.2) is 10.3 Å². The van der Waals surface area contributed by atoms with E-state index in [1.54, 1.807) is 17.7 Å². The van der Waals surface area contributed by atoms with E-state index < -0.39 is 0 Å². The smallest absolute Gasteiger partial charge is 0.236 e. The number of hydrogen-bond acceptors (Lipinski definition) is 7. The van der Waals surface area contributed by atoms with E-state index in [2.05, 4.69) is 69.2 Å². The summed E-state index contributed by atoms with van der Waals surface area (Å²) in [5.74, 6) is 0.160. The fourth-order valence-electron chi connectivity index (χ4n) is 2.86. The summed E-state index contributed by atoms with van der Waals surface area (Å²) in [4.78, 5) is 18.2. The zero-order valence-electron chi connectivity index (χ0n) is 16.4. The Morgan fingerprint density at radius 3 is 2.83 bits per heavy atom. The molecule has 0 unspecified atom stereocenters. The molecule has 6 nitrogen and oxygen atoms in total. The number of carbonyl (C=O) groups excluding carboxylic acids is 1. The largest absolute Gasteiger partial charge is 0.308 e. The van der Waals surface area contributed by atoms with Gasteiger partial charge in [-0.15, -0.1) is 32.9 Å². The molecule has 3 heterocycles. The van der Waals surface area contributed by atoms with Gasteiger partial charge in [0.1, 0.15) is 6.33 Å². The Bertz CT molecular complexity index is 1090. The van der Waals surface area contributed by atoms with Crippen LogP contribution < -0.4 is 5.32 Å². The van der Waals surface area contributed by atoms with Crippen LogP contribution in [0.5, 0.6) is 0 Å². The molecule has 0 saturated heterocycles. The fraction of sp³-hybridized carbons (Fsp3) is 0.238. The molecule has 30 heavy (non-hydrogen) atoms. The number of anilines is 1. The molecule has 0 aliphatic heterocycles. The lowest BCUT2D eigenvalue weighted by atomic mass is 10.1. The highest BCUT2D eigenvalue weighted by Crippen LogP contribution is 2.26. The predicted octanol–water partition coefficient (Wildman–Crippen LogP) is 5.00. The van der Waals surface area contributed by atoms with E-state index in [-0.39, 0.29) is 11.7 Å². The van der Waals surface area contributed by atoms with E-state index >= 15 is 0 Å². The second-order valence-corrected chi connectivity index (χ2v) is 9.39. The van der Waals surface area contributed by atoms with Crippen molar-refractivity contribution in [3.05, 3.63) is 63.9 Å². The van der Waals surface area contributed by atoms with Crippen LogP contribution in [0.25, 0.3) is 11.3 Å². The number of thiazole rings is 1. The highest BCUT2D eigenvalue weighted by Gasteiger charge is 2.12. The van der Waals surface area contributed by atoms with E-state index in [9.17, 15) is 4.79 Å². The van der Waals surface area contributed by atoms with Gasteiger partial charge in [0.2, 0.25) is 5.91 Å². The Morgan fingerprint density at radius 1 is 1.20 bits per heavy atom. The minimum absolute atomic E-state index is 0.102. The first-order valence-electron chi connectivity index (χ1n) is 9.59. The SMILES string of the molecule is CCc1ccc(-c2csc(NC(=O)CSc3nncn3CCc3cccs3)n2)cc1. The van der Waals surface area contributed by atoms with Gasteiger partial charge in [-0.1, -0.05) is 49.0 Å². The summed E-state index contributed by atoms with van der Waals surface area (Å²) < 4.78 is 1.99. The molecule has 0 aliphatic carbocycles. The summed E-state index contributed by atoms with van der Waals surface area (Å²) in [7, 11) is 0. The Balaban J connectivity index is 1.29. The number of thioether (sulfide) groups is 1. The third kappa shape index (κ3) is 5.35. The number of aromatic nitrogens is 4. The van der Waals surface area contributed by atoms with Crippen LogP contribution in [0.3, 0.4) is 0 Å². The first kappa shape index (κ1) is 20.8. The van der Waals surface area contributed by atoms with Crippen molar-refractivity contribution in [2.75, 3.05) is 11.1 Å². The van der Waals surface area contributed by atoms with Crippen LogP contribution in [0.2, 0.25) is 0 Å². The summed E-state index contributed by atoms with van der Waals surface area (Å²) in [5.41, 5.74) is 3.22. The Kier molecular flexibility index (Phi) is 6.93. The van der Waals surface area contributed by atoms with Crippen molar-refractivity contribution in [1.82, 2.24) is 19.7 Å². The van der Waals surface area contributed by atoms with Crippen molar-refractivity contribution in [2.45, 2.75) is 31.5 Å². The monoisotopic (exact) mass is 455 g/mol. The van der Waals surface area contributed by atoms with Crippen LogP contribution >= 0.6 is 34.4 Å². The number of carbonyl (C=O) groups is 1. The molecular weight excluding hydrogens is 434 g/mol. The van der Waals surface area contributed by atoms with Crippen molar-refractivity contribution in [2.24, 2.45) is 0 Å². The minimum atomic E-state index is -0.102. The molecule has 154 valence electrons. The van der Waals surface area contributed by atoms with Crippen molar-refractivity contribution >= 4 is 45.5 Å². The Morgan fingerprint density at radius 2 is 2.07 bits per heavy atom. The van der Waals surface area contributed by atoms with Crippen molar-refractivity contribution in [3.8, 4) is 11.3 Å². The predicted molar refractivity (Wildman–Crippen MR) is 124 cm³/mol. The Hall–Kier alpha value is -2.49. The lowest BCUT2D eigenvalue weighted by molar-refractivity contribution is -0.113. The number of nitrogens with zero attached hydrogens (tertiary/aromatic N) is 4. The second kappa shape index (κ2) is 10.0. The van der Waals surface area contributed by atoms with E-state index in [1.165, 1.54) is 33.5 Å². The van der Waals surface area contributed by atoms with Gasteiger partial charge in [-0.3, -0.25) is 4.79 Å². The lowest BCUT2D eigenvalue weighted by Gasteiger charge is -2.05. The van der Waals surface area contributed by atoms with E-state index in [0.717, 1.165) is 35.8 Å². The molecule has 0 spiro atoms. The van der Waals surface area contributed by atoms with Crippen molar-refractivity contribution in [3.63, 3.8) is 0 Å². The number of hydrogen-bond donors (Lipinski definition) is 1. The third-order valence-electron chi connectivity index (χ3n) is 4.50. The molecule has 1 N–H and O–H groups in total. The van der Waals surface area contributed by atoms with Gasteiger partial charge >= 0.3 is 0 Å². The number of nitrogens with one attached hydrogen (secondary N) is 1. The van der Waals surface area contributed by atoms with Gasteiger partial charge in [0.25, 0.3) is 0 Å². The topological polar surface area (TPSA) is 72.7 Å². The molecule has 1 aromatic carbocycles. The van der Waals surface area contributed by atoms with Gasteiger partial charge in [-0.2, -0.15) is 0 Å².